The minimum absolute atomic E-state index is 0.0767. The van der Waals surface area contributed by atoms with Crippen molar-refractivity contribution in [2.24, 2.45) is 17.6 Å². The monoisotopic (exact) mass is 609 g/mol. The molecule has 3 aromatic rings. The molecule has 3 heterocycles. The van der Waals surface area contributed by atoms with Crippen LogP contribution in [0.15, 0.2) is 18.5 Å². The molecule has 9 nitrogen and oxygen atoms in total. The number of rotatable bonds is 10. The van der Waals surface area contributed by atoms with Gasteiger partial charge in [-0.25, -0.2) is 18.3 Å². The summed E-state index contributed by atoms with van der Waals surface area (Å²) in [4.78, 5) is 29.9. The van der Waals surface area contributed by atoms with Crippen LogP contribution in [0.4, 0.5) is 22.0 Å². The van der Waals surface area contributed by atoms with Crippen LogP contribution in [0.25, 0.3) is 5.65 Å². The lowest BCUT2D eigenvalue weighted by Gasteiger charge is -2.33. The van der Waals surface area contributed by atoms with Crippen LogP contribution in [-0.4, -0.2) is 48.3 Å². The molecule has 0 unspecified atom stereocenters. The number of nitrogens with one attached hydrogen (secondary N) is 1. The van der Waals surface area contributed by atoms with Gasteiger partial charge >= 0.3 is 6.18 Å². The molecule has 3 aromatic heterocycles. The molecule has 14 heteroatoms. The summed E-state index contributed by atoms with van der Waals surface area (Å²) in [6.07, 6.45) is -1.56. The average Bonchev–Trinajstić information content (AvgIpc) is 3.57. The normalized spacial score (nSPS) is 19.1. The zero-order valence-electron chi connectivity index (χ0n) is 24.3. The first-order chi connectivity index (χ1) is 20.1. The molecule has 43 heavy (non-hydrogen) atoms. The molecule has 0 aromatic carbocycles. The SMILES string of the molecule is Cc1nn(C(C)C)c(C(N)=O)c1[C@@H](c1cn2ncc([C@H](NC(=O)CCC(F)(F)F)C3CC3)cc2n1)C1CCC(F)(F)CC1. The number of nitrogens with zero attached hydrogens (tertiary/aromatic N) is 5. The van der Waals surface area contributed by atoms with Gasteiger partial charge in [-0.15, -0.1) is 0 Å². The molecule has 2 aliphatic carbocycles. The number of halogens is 5. The highest BCUT2D eigenvalue weighted by Gasteiger charge is 2.42. The summed E-state index contributed by atoms with van der Waals surface area (Å²) in [5.41, 5.74) is 8.74. The van der Waals surface area contributed by atoms with Crippen molar-refractivity contribution in [3.8, 4) is 0 Å². The third-order valence-electron chi connectivity index (χ3n) is 8.48. The molecule has 2 amide bonds. The second kappa shape index (κ2) is 11.5. The number of amides is 2. The van der Waals surface area contributed by atoms with E-state index in [9.17, 15) is 31.5 Å². The predicted molar refractivity (Wildman–Crippen MR) is 146 cm³/mol. The number of carbonyl (C=O) groups excluding carboxylic acids is 2. The van der Waals surface area contributed by atoms with Crippen molar-refractivity contribution in [1.29, 1.82) is 0 Å². The van der Waals surface area contributed by atoms with Gasteiger partial charge in [-0.3, -0.25) is 14.3 Å². The van der Waals surface area contributed by atoms with Crippen LogP contribution in [0.2, 0.25) is 0 Å². The number of hydrogen-bond acceptors (Lipinski definition) is 5. The predicted octanol–water partition coefficient (Wildman–Crippen LogP) is 5.78. The number of carbonyl (C=O) groups is 2. The highest BCUT2D eigenvalue weighted by molar-refractivity contribution is 5.93. The van der Waals surface area contributed by atoms with Crippen molar-refractivity contribution in [2.45, 2.75) is 102 Å². The van der Waals surface area contributed by atoms with Gasteiger partial charge in [0.05, 0.1) is 36.2 Å². The third kappa shape index (κ3) is 6.82. The maximum Gasteiger partial charge on any atom is 0.389 e. The quantitative estimate of drug-likeness (QED) is 0.283. The smallest absolute Gasteiger partial charge is 0.364 e. The summed E-state index contributed by atoms with van der Waals surface area (Å²) in [5, 5.41) is 11.8. The van der Waals surface area contributed by atoms with Crippen LogP contribution < -0.4 is 11.1 Å². The molecule has 2 saturated carbocycles. The van der Waals surface area contributed by atoms with Gasteiger partial charge in [0.1, 0.15) is 5.69 Å². The number of imidazole rings is 1. The van der Waals surface area contributed by atoms with E-state index in [0.717, 1.165) is 12.8 Å². The summed E-state index contributed by atoms with van der Waals surface area (Å²) in [6, 6.07) is 1.04. The van der Waals surface area contributed by atoms with Crippen LogP contribution in [0.3, 0.4) is 0 Å². The van der Waals surface area contributed by atoms with Gasteiger partial charge in [-0.05, 0) is 69.9 Å². The lowest BCUT2D eigenvalue weighted by molar-refractivity contribution is -0.144. The molecule has 0 saturated heterocycles. The van der Waals surface area contributed by atoms with Gasteiger partial charge in [0.25, 0.3) is 5.91 Å². The van der Waals surface area contributed by atoms with Crippen molar-refractivity contribution in [2.75, 3.05) is 0 Å². The molecule has 0 aliphatic heterocycles. The summed E-state index contributed by atoms with van der Waals surface area (Å²) >= 11 is 0. The fraction of sp³-hybridized carbons (Fsp3) is 0.621. The second-order valence-electron chi connectivity index (χ2n) is 12.2. The largest absolute Gasteiger partial charge is 0.389 e. The van der Waals surface area contributed by atoms with E-state index in [0.29, 0.717) is 28.2 Å². The Morgan fingerprint density at radius 1 is 1.14 bits per heavy atom. The Bertz CT molecular complexity index is 1500. The summed E-state index contributed by atoms with van der Waals surface area (Å²) in [7, 11) is 0. The Labute approximate surface area is 245 Å². The van der Waals surface area contributed by atoms with E-state index < -0.39 is 48.7 Å². The Balaban J connectivity index is 1.52. The van der Waals surface area contributed by atoms with Gasteiger partial charge < -0.3 is 11.1 Å². The molecule has 234 valence electrons. The number of hydrogen-bond donors (Lipinski definition) is 2. The number of aryl methyl sites for hydroxylation is 1. The second-order valence-corrected chi connectivity index (χ2v) is 12.2. The minimum atomic E-state index is -4.43. The highest BCUT2D eigenvalue weighted by atomic mass is 19.4. The molecule has 2 aliphatic rings. The molecule has 2 atom stereocenters. The van der Waals surface area contributed by atoms with E-state index in [-0.39, 0.29) is 49.3 Å². The third-order valence-corrected chi connectivity index (χ3v) is 8.48. The molecular formula is C29H36F5N7O2. The lowest BCUT2D eigenvalue weighted by Crippen LogP contribution is -2.30. The zero-order valence-corrected chi connectivity index (χ0v) is 24.3. The Hall–Kier alpha value is -3.58. The summed E-state index contributed by atoms with van der Waals surface area (Å²) < 4.78 is 69.4. The van der Waals surface area contributed by atoms with Gasteiger partial charge in [0.15, 0.2) is 5.65 Å². The van der Waals surface area contributed by atoms with Crippen molar-refractivity contribution in [1.82, 2.24) is 29.7 Å². The number of fused-ring (bicyclic) bond motifs is 1. The maximum absolute atomic E-state index is 14.2. The van der Waals surface area contributed by atoms with E-state index in [1.807, 2.05) is 13.8 Å². The van der Waals surface area contributed by atoms with Crippen molar-refractivity contribution in [3.05, 3.63) is 46.7 Å². The van der Waals surface area contributed by atoms with Crippen LogP contribution in [0.5, 0.6) is 0 Å². The lowest BCUT2D eigenvalue weighted by atomic mass is 9.73. The summed E-state index contributed by atoms with van der Waals surface area (Å²) in [6.45, 7) is 5.50. The van der Waals surface area contributed by atoms with E-state index in [4.69, 9.17) is 10.7 Å². The van der Waals surface area contributed by atoms with E-state index >= 15 is 0 Å². The van der Waals surface area contributed by atoms with Gasteiger partial charge in [-0.1, -0.05) is 0 Å². The number of nitrogens with two attached hydrogens (primary N) is 1. The molecule has 0 radical (unpaired) electrons. The van der Waals surface area contributed by atoms with Crippen LogP contribution >= 0.6 is 0 Å². The molecule has 5 rings (SSSR count). The molecule has 3 N–H and O–H groups in total. The van der Waals surface area contributed by atoms with Crippen molar-refractivity contribution < 1.29 is 31.5 Å². The standard InChI is InChI=1S/C29H36F5N7O2/c1-15(2)41-26(27(35)43)23(16(3)39-41)24(17-6-9-28(30,31)10-7-17)20-14-40-21(37-20)12-19(13-36-40)25(18-4-5-18)38-22(42)8-11-29(32,33)34/h12-15,17-18,24-25H,4-11H2,1-3H3,(H2,35,43)(H,38,42)/t24-,25-/m1/s1. The Morgan fingerprint density at radius 3 is 2.40 bits per heavy atom. The van der Waals surface area contributed by atoms with E-state index in [2.05, 4.69) is 15.5 Å². The van der Waals surface area contributed by atoms with Gasteiger partial charge in [-0.2, -0.15) is 23.4 Å². The fourth-order valence-electron chi connectivity index (χ4n) is 6.21. The highest BCUT2D eigenvalue weighted by Crippen LogP contribution is 2.47. The number of primary amides is 1. The van der Waals surface area contributed by atoms with E-state index in [1.165, 1.54) is 4.52 Å². The molecule has 0 bridgehead atoms. The zero-order chi connectivity index (χ0) is 31.3. The summed E-state index contributed by atoms with van der Waals surface area (Å²) in [5.74, 6) is -4.87. The topological polar surface area (TPSA) is 120 Å². The first kappa shape index (κ1) is 30.9. The molecule has 2 fully saturated rings. The number of aromatic nitrogens is 5. The van der Waals surface area contributed by atoms with Crippen molar-refractivity contribution >= 4 is 17.5 Å². The van der Waals surface area contributed by atoms with Crippen LogP contribution in [0.1, 0.15) is 116 Å². The molecular weight excluding hydrogens is 573 g/mol. The first-order valence-corrected chi connectivity index (χ1v) is 14.6. The van der Waals surface area contributed by atoms with Gasteiger partial charge in [0.2, 0.25) is 11.8 Å². The van der Waals surface area contributed by atoms with E-state index in [1.54, 1.807) is 30.1 Å². The van der Waals surface area contributed by atoms with Gasteiger partial charge in [0, 0.05) is 36.8 Å². The first-order valence-electron chi connectivity index (χ1n) is 14.6. The number of alkyl halides is 5. The Kier molecular flexibility index (Phi) is 8.25. The Morgan fingerprint density at radius 2 is 1.81 bits per heavy atom. The van der Waals surface area contributed by atoms with Crippen LogP contribution in [0, 0.1) is 18.8 Å². The maximum atomic E-state index is 14.2. The minimum Gasteiger partial charge on any atom is -0.364 e. The fourth-order valence-corrected chi connectivity index (χ4v) is 6.21. The average molecular weight is 610 g/mol. The van der Waals surface area contributed by atoms with Crippen molar-refractivity contribution in [3.63, 3.8) is 0 Å². The van der Waals surface area contributed by atoms with Crippen LogP contribution in [-0.2, 0) is 4.79 Å². The molecule has 0 spiro atoms.